The van der Waals surface area contributed by atoms with Gasteiger partial charge in [-0.15, -0.1) is 0 Å². The molecule has 1 N–H and O–H groups in total. The molecule has 3 aromatic rings. The number of carbonyl (C=O) groups excluding carboxylic acids is 4. The van der Waals surface area contributed by atoms with Crippen molar-refractivity contribution in [3.8, 4) is 11.5 Å². The van der Waals surface area contributed by atoms with Gasteiger partial charge in [0, 0.05) is 5.92 Å². The van der Waals surface area contributed by atoms with Crippen molar-refractivity contribution in [2.24, 2.45) is 29.6 Å². The van der Waals surface area contributed by atoms with Crippen LogP contribution in [0.4, 0.5) is 11.4 Å². The zero-order valence-electron chi connectivity index (χ0n) is 26.3. The molecule has 0 bridgehead atoms. The Kier molecular flexibility index (Phi) is 7.54. The van der Waals surface area contributed by atoms with Gasteiger partial charge < -0.3 is 9.84 Å². The third-order valence-corrected chi connectivity index (χ3v) is 10.5. The molecule has 1 saturated carbocycles. The van der Waals surface area contributed by atoms with Gasteiger partial charge in [0.15, 0.2) is 11.5 Å². The van der Waals surface area contributed by atoms with Gasteiger partial charge >= 0.3 is 0 Å². The number of ether oxygens (including phenoxy) is 1. The molecular weight excluding hydrogens is 580 g/mol. The van der Waals surface area contributed by atoms with Crippen molar-refractivity contribution >= 4 is 35.0 Å². The topological polar surface area (TPSA) is 104 Å². The third-order valence-electron chi connectivity index (χ3n) is 10.5. The van der Waals surface area contributed by atoms with E-state index in [2.05, 4.69) is 6.92 Å². The van der Waals surface area contributed by atoms with Crippen LogP contribution in [0.15, 0.2) is 78.4 Å². The van der Waals surface area contributed by atoms with Crippen LogP contribution in [0.3, 0.4) is 0 Å². The summed E-state index contributed by atoms with van der Waals surface area (Å²) in [6.07, 6.45) is 4.40. The Bertz CT molecular complexity index is 1760. The lowest BCUT2D eigenvalue weighted by Crippen LogP contribution is -2.43. The Hall–Kier alpha value is -4.72. The summed E-state index contributed by atoms with van der Waals surface area (Å²) in [6, 6.07) is 20.1. The number of hydrogen-bond acceptors (Lipinski definition) is 6. The summed E-state index contributed by atoms with van der Waals surface area (Å²) in [4.78, 5) is 59.3. The second-order valence-electron chi connectivity index (χ2n) is 12.7. The number of anilines is 2. The molecule has 4 aliphatic rings. The van der Waals surface area contributed by atoms with Crippen molar-refractivity contribution in [3.05, 3.63) is 95.1 Å². The van der Waals surface area contributed by atoms with Crippen LogP contribution < -0.4 is 14.5 Å². The number of allylic oxidation sites excluding steroid dienone is 2. The van der Waals surface area contributed by atoms with Gasteiger partial charge in [-0.1, -0.05) is 55.8 Å². The number of aryl methyl sites for hydroxylation is 2. The average Bonchev–Trinajstić information content (AvgIpc) is 3.48. The molecule has 3 aromatic carbocycles. The summed E-state index contributed by atoms with van der Waals surface area (Å²) in [6.45, 7) is 6.27. The van der Waals surface area contributed by atoms with E-state index in [0.717, 1.165) is 35.1 Å². The molecule has 2 heterocycles. The molecule has 0 spiro atoms. The second-order valence-corrected chi connectivity index (χ2v) is 12.7. The summed E-state index contributed by atoms with van der Waals surface area (Å²) in [7, 11) is 0. The molecular formula is C38H38N2O6. The minimum atomic E-state index is -0.693. The second kappa shape index (κ2) is 11.6. The lowest BCUT2D eigenvalue weighted by molar-refractivity contribution is -0.126. The van der Waals surface area contributed by atoms with Crippen LogP contribution in [0, 0.1) is 29.6 Å². The van der Waals surface area contributed by atoms with Crippen LogP contribution in [-0.2, 0) is 32.0 Å². The van der Waals surface area contributed by atoms with E-state index < -0.39 is 35.5 Å². The highest BCUT2D eigenvalue weighted by molar-refractivity contribution is 6.24. The number of fused-ring (bicyclic) bond motifs is 4. The number of imide groups is 2. The van der Waals surface area contributed by atoms with E-state index in [-0.39, 0.29) is 29.4 Å². The SMILES string of the molecule is CCOc1cc(C2C3=CCC4C(=O)N(c5ccc(CC)cc5)C(=O)C4C3CC3C(=O)N(c4ccc(CC)cc4)C(=O)C32)ccc1O. The molecule has 46 heavy (non-hydrogen) atoms. The molecule has 6 unspecified atom stereocenters. The summed E-state index contributed by atoms with van der Waals surface area (Å²) in [5, 5.41) is 10.5. The zero-order valence-corrected chi connectivity index (χ0v) is 26.3. The van der Waals surface area contributed by atoms with Crippen molar-refractivity contribution < 1.29 is 29.0 Å². The van der Waals surface area contributed by atoms with E-state index in [1.54, 1.807) is 18.2 Å². The first-order chi connectivity index (χ1) is 22.3. The van der Waals surface area contributed by atoms with Crippen molar-refractivity contribution in [3.63, 3.8) is 0 Å². The Balaban J connectivity index is 1.32. The number of carbonyl (C=O) groups is 4. The lowest BCUT2D eigenvalue weighted by atomic mass is 9.57. The predicted molar refractivity (Wildman–Crippen MR) is 173 cm³/mol. The normalized spacial score (nSPS) is 27.0. The van der Waals surface area contributed by atoms with E-state index in [1.807, 2.05) is 68.5 Å². The minimum Gasteiger partial charge on any atom is -0.504 e. The number of benzene rings is 3. The average molecular weight is 619 g/mol. The highest BCUT2D eigenvalue weighted by Crippen LogP contribution is 2.58. The highest BCUT2D eigenvalue weighted by Gasteiger charge is 2.62. The van der Waals surface area contributed by atoms with E-state index in [9.17, 15) is 24.3 Å². The van der Waals surface area contributed by atoms with Gasteiger partial charge in [0.05, 0.1) is 41.7 Å². The fourth-order valence-corrected chi connectivity index (χ4v) is 8.23. The van der Waals surface area contributed by atoms with Gasteiger partial charge in [-0.3, -0.25) is 29.0 Å². The van der Waals surface area contributed by atoms with Crippen molar-refractivity contribution in [2.45, 2.75) is 52.4 Å². The monoisotopic (exact) mass is 618 g/mol. The molecule has 0 radical (unpaired) electrons. The lowest BCUT2D eigenvalue weighted by Gasteiger charge is -2.44. The molecule has 7 rings (SSSR count). The predicted octanol–water partition coefficient (Wildman–Crippen LogP) is 5.96. The number of nitrogens with zero attached hydrogens (tertiary/aromatic N) is 2. The standard InChI is InChI=1S/C38H38N2O6/c1-4-21-7-12-24(13-8-21)39-35(42)27-17-16-26-28(33(27)37(39)44)20-29-34(32(26)23-11-18-30(41)31(19-23)46-6-3)38(45)40(36(29)43)25-14-9-22(5-2)10-15-25/h7-16,18-19,27-29,32-34,41H,4-6,17,20H2,1-3H3. The molecule has 236 valence electrons. The fraction of sp³-hybridized carbons (Fsp3) is 0.368. The van der Waals surface area contributed by atoms with Crippen molar-refractivity contribution in [1.82, 2.24) is 0 Å². The Morgan fingerprint density at radius 3 is 1.83 bits per heavy atom. The molecule has 4 amide bonds. The summed E-state index contributed by atoms with van der Waals surface area (Å²) >= 11 is 0. The van der Waals surface area contributed by atoms with Crippen molar-refractivity contribution in [1.29, 1.82) is 0 Å². The quantitative estimate of drug-likeness (QED) is 0.259. The minimum absolute atomic E-state index is 0.0139. The Labute approximate surface area is 268 Å². The first-order valence-electron chi connectivity index (χ1n) is 16.4. The van der Waals surface area contributed by atoms with Gasteiger partial charge in [-0.2, -0.15) is 0 Å². The van der Waals surface area contributed by atoms with Gasteiger partial charge in [0.25, 0.3) is 0 Å². The van der Waals surface area contributed by atoms with Crippen molar-refractivity contribution in [2.75, 3.05) is 16.4 Å². The molecule has 8 nitrogen and oxygen atoms in total. The van der Waals surface area contributed by atoms with Gasteiger partial charge in [-0.25, -0.2) is 0 Å². The van der Waals surface area contributed by atoms with Gasteiger partial charge in [0.2, 0.25) is 23.6 Å². The number of hydrogen-bond donors (Lipinski definition) is 1. The van der Waals surface area contributed by atoms with Crippen LogP contribution in [0.2, 0.25) is 0 Å². The molecule has 6 atom stereocenters. The van der Waals surface area contributed by atoms with Gasteiger partial charge in [0.1, 0.15) is 0 Å². The molecule has 3 fully saturated rings. The Morgan fingerprint density at radius 1 is 0.696 bits per heavy atom. The van der Waals surface area contributed by atoms with Crippen LogP contribution in [0.25, 0.3) is 0 Å². The molecule has 0 aromatic heterocycles. The summed E-state index contributed by atoms with van der Waals surface area (Å²) in [5.74, 6) is -4.20. The van der Waals surface area contributed by atoms with E-state index in [4.69, 9.17) is 4.74 Å². The number of rotatable bonds is 7. The number of phenolic OH excluding ortho intramolecular Hbond substituents is 1. The van der Waals surface area contributed by atoms with Crippen LogP contribution in [0.5, 0.6) is 11.5 Å². The maximum Gasteiger partial charge on any atom is 0.238 e. The number of amides is 4. The maximum atomic E-state index is 14.3. The Morgan fingerprint density at radius 2 is 1.26 bits per heavy atom. The maximum absolute atomic E-state index is 14.3. The summed E-state index contributed by atoms with van der Waals surface area (Å²) < 4.78 is 5.72. The zero-order chi connectivity index (χ0) is 32.3. The van der Waals surface area contributed by atoms with Crippen LogP contribution in [0.1, 0.15) is 56.2 Å². The molecule has 2 aliphatic heterocycles. The molecule has 2 saturated heterocycles. The molecule has 8 heteroatoms. The fourth-order valence-electron chi connectivity index (χ4n) is 8.23. The number of phenols is 1. The van der Waals surface area contributed by atoms with E-state index in [1.165, 1.54) is 9.80 Å². The smallest absolute Gasteiger partial charge is 0.238 e. The first kappa shape index (κ1) is 30.0. The first-order valence-corrected chi connectivity index (χ1v) is 16.4. The van der Waals surface area contributed by atoms with Crippen LogP contribution >= 0.6 is 0 Å². The largest absolute Gasteiger partial charge is 0.504 e. The summed E-state index contributed by atoms with van der Waals surface area (Å²) in [5.41, 5.74) is 4.95. The number of aromatic hydroxyl groups is 1. The van der Waals surface area contributed by atoms with E-state index >= 15 is 0 Å². The molecule has 2 aliphatic carbocycles. The van der Waals surface area contributed by atoms with Crippen LogP contribution in [-0.4, -0.2) is 35.3 Å². The van der Waals surface area contributed by atoms with E-state index in [0.29, 0.717) is 36.6 Å². The highest BCUT2D eigenvalue weighted by atomic mass is 16.5. The third kappa shape index (κ3) is 4.57. The van der Waals surface area contributed by atoms with Gasteiger partial charge in [-0.05, 0) is 91.6 Å².